The van der Waals surface area contributed by atoms with Gasteiger partial charge in [-0.1, -0.05) is 6.58 Å². The molecule has 0 rings (SSSR count). The predicted octanol–water partition coefficient (Wildman–Crippen LogP) is 1.53. The molecule has 8 heavy (non-hydrogen) atoms. The topological polar surface area (TPSA) is 18.5 Å². The highest BCUT2D eigenvalue weighted by atomic mass is 16.7. The highest BCUT2D eigenvalue weighted by molar-refractivity contribution is 4.73. The van der Waals surface area contributed by atoms with E-state index in [1.54, 1.807) is 14.0 Å². The van der Waals surface area contributed by atoms with Gasteiger partial charge in [0, 0.05) is 7.11 Å². The van der Waals surface area contributed by atoms with Crippen LogP contribution < -0.4 is 0 Å². The second kappa shape index (κ2) is 3.50. The maximum Gasteiger partial charge on any atom is 0.196 e. The zero-order valence-electron chi connectivity index (χ0n) is 5.60. The summed E-state index contributed by atoms with van der Waals surface area (Å²) in [6.45, 7) is 7.14. The molecule has 0 aliphatic rings. The van der Waals surface area contributed by atoms with E-state index in [-0.39, 0.29) is 6.29 Å². The molecule has 0 heterocycles. The summed E-state index contributed by atoms with van der Waals surface area (Å²) in [5, 5.41) is 0. The standard InChI is InChI=1S/C6H12O2/c1-5(2)8-6(3)7-4/h6H,1H2,2-4H3. The Hall–Kier alpha value is -0.500. The molecule has 2 heteroatoms. The van der Waals surface area contributed by atoms with Crippen molar-refractivity contribution >= 4 is 0 Å². The van der Waals surface area contributed by atoms with Crippen LogP contribution in [-0.4, -0.2) is 13.4 Å². The second-order valence-corrected chi connectivity index (χ2v) is 1.62. The Kier molecular flexibility index (Phi) is 3.28. The smallest absolute Gasteiger partial charge is 0.196 e. The van der Waals surface area contributed by atoms with Crippen molar-refractivity contribution in [1.29, 1.82) is 0 Å². The number of ether oxygens (including phenoxy) is 2. The van der Waals surface area contributed by atoms with E-state index < -0.39 is 0 Å². The van der Waals surface area contributed by atoms with E-state index in [1.165, 1.54) is 0 Å². The van der Waals surface area contributed by atoms with Crippen molar-refractivity contribution in [3.05, 3.63) is 12.3 Å². The van der Waals surface area contributed by atoms with Crippen LogP contribution in [0, 0.1) is 0 Å². The minimum atomic E-state index is -0.174. The molecule has 2 nitrogen and oxygen atoms in total. The summed E-state index contributed by atoms with van der Waals surface area (Å²) < 4.78 is 9.76. The summed E-state index contributed by atoms with van der Waals surface area (Å²) in [7, 11) is 1.59. The maximum atomic E-state index is 4.98. The average Bonchev–Trinajstić information content (AvgIpc) is 1.65. The van der Waals surface area contributed by atoms with Crippen LogP contribution in [-0.2, 0) is 9.47 Å². The van der Waals surface area contributed by atoms with E-state index in [4.69, 9.17) is 9.47 Å². The van der Waals surface area contributed by atoms with Crippen LogP contribution in [0.15, 0.2) is 12.3 Å². The van der Waals surface area contributed by atoms with Crippen molar-refractivity contribution in [3.63, 3.8) is 0 Å². The van der Waals surface area contributed by atoms with E-state index in [1.807, 2.05) is 6.92 Å². The lowest BCUT2D eigenvalue weighted by Gasteiger charge is -2.10. The van der Waals surface area contributed by atoms with Crippen LogP contribution >= 0.6 is 0 Å². The minimum Gasteiger partial charge on any atom is -0.471 e. The van der Waals surface area contributed by atoms with Gasteiger partial charge < -0.3 is 9.47 Å². The Morgan fingerprint density at radius 1 is 1.62 bits per heavy atom. The third-order valence-corrected chi connectivity index (χ3v) is 0.699. The van der Waals surface area contributed by atoms with Gasteiger partial charge in [0.15, 0.2) is 6.29 Å². The van der Waals surface area contributed by atoms with Gasteiger partial charge in [0.2, 0.25) is 0 Å². The van der Waals surface area contributed by atoms with Crippen LogP contribution in [0.25, 0.3) is 0 Å². The lowest BCUT2D eigenvalue weighted by Crippen LogP contribution is -2.07. The average molecular weight is 116 g/mol. The lowest BCUT2D eigenvalue weighted by atomic mass is 10.6. The first-order valence-electron chi connectivity index (χ1n) is 2.51. The number of rotatable bonds is 3. The SMILES string of the molecule is C=C(C)OC(C)OC. The Balaban J connectivity index is 3.24. The summed E-state index contributed by atoms with van der Waals surface area (Å²) in [5.74, 6) is 0.680. The fraction of sp³-hybridized carbons (Fsp3) is 0.667. The Morgan fingerprint density at radius 2 is 2.12 bits per heavy atom. The van der Waals surface area contributed by atoms with Gasteiger partial charge in [-0.2, -0.15) is 0 Å². The number of methoxy groups -OCH3 is 1. The summed E-state index contributed by atoms with van der Waals surface area (Å²) in [4.78, 5) is 0. The van der Waals surface area contributed by atoms with Gasteiger partial charge in [0.1, 0.15) is 0 Å². The van der Waals surface area contributed by atoms with Crippen molar-refractivity contribution < 1.29 is 9.47 Å². The monoisotopic (exact) mass is 116 g/mol. The fourth-order valence-electron chi connectivity index (χ4n) is 0.331. The molecule has 0 radical (unpaired) electrons. The summed E-state index contributed by atoms with van der Waals surface area (Å²) in [6.07, 6.45) is -0.174. The molecular formula is C6H12O2. The first-order valence-corrected chi connectivity index (χ1v) is 2.51. The predicted molar refractivity (Wildman–Crippen MR) is 32.4 cm³/mol. The normalized spacial score (nSPS) is 12.9. The molecule has 0 N–H and O–H groups in total. The molecule has 0 spiro atoms. The van der Waals surface area contributed by atoms with Crippen LogP contribution in [0.1, 0.15) is 13.8 Å². The molecule has 0 aromatic heterocycles. The molecule has 0 aromatic carbocycles. The van der Waals surface area contributed by atoms with Gasteiger partial charge in [-0.05, 0) is 13.8 Å². The molecule has 0 bridgehead atoms. The van der Waals surface area contributed by atoms with Crippen LogP contribution in [0.3, 0.4) is 0 Å². The van der Waals surface area contributed by atoms with Crippen LogP contribution in [0.4, 0.5) is 0 Å². The Bertz CT molecular complexity index is 78.6. The van der Waals surface area contributed by atoms with Gasteiger partial charge in [-0.15, -0.1) is 0 Å². The first kappa shape index (κ1) is 7.50. The molecular weight excluding hydrogens is 104 g/mol. The van der Waals surface area contributed by atoms with Crippen LogP contribution in [0.2, 0.25) is 0 Å². The highest BCUT2D eigenvalue weighted by Crippen LogP contribution is 1.97. The van der Waals surface area contributed by atoms with Gasteiger partial charge in [-0.25, -0.2) is 0 Å². The summed E-state index contributed by atoms with van der Waals surface area (Å²) in [6, 6.07) is 0. The number of allylic oxidation sites excluding steroid dienone is 1. The van der Waals surface area contributed by atoms with Crippen molar-refractivity contribution in [2.45, 2.75) is 20.1 Å². The third-order valence-electron chi connectivity index (χ3n) is 0.699. The Labute approximate surface area is 50.1 Å². The lowest BCUT2D eigenvalue weighted by molar-refractivity contribution is -0.0788. The van der Waals surface area contributed by atoms with Gasteiger partial charge in [0.05, 0.1) is 5.76 Å². The molecule has 1 atom stereocenters. The van der Waals surface area contributed by atoms with E-state index in [0.29, 0.717) is 5.76 Å². The first-order chi connectivity index (χ1) is 3.66. The van der Waals surface area contributed by atoms with Crippen molar-refractivity contribution in [2.75, 3.05) is 7.11 Å². The number of hydrogen-bond acceptors (Lipinski definition) is 2. The van der Waals surface area contributed by atoms with E-state index in [9.17, 15) is 0 Å². The molecule has 0 aliphatic carbocycles. The molecule has 0 aliphatic heterocycles. The van der Waals surface area contributed by atoms with E-state index >= 15 is 0 Å². The molecule has 0 amide bonds. The van der Waals surface area contributed by atoms with Crippen molar-refractivity contribution in [2.24, 2.45) is 0 Å². The van der Waals surface area contributed by atoms with Crippen molar-refractivity contribution in [1.82, 2.24) is 0 Å². The minimum absolute atomic E-state index is 0.174. The highest BCUT2D eigenvalue weighted by Gasteiger charge is 1.95. The third kappa shape index (κ3) is 3.68. The van der Waals surface area contributed by atoms with Gasteiger partial charge >= 0.3 is 0 Å². The molecule has 1 unspecified atom stereocenters. The van der Waals surface area contributed by atoms with Gasteiger partial charge in [-0.3, -0.25) is 0 Å². The largest absolute Gasteiger partial charge is 0.471 e. The zero-order chi connectivity index (χ0) is 6.57. The van der Waals surface area contributed by atoms with E-state index in [2.05, 4.69) is 6.58 Å². The molecule has 0 aromatic rings. The summed E-state index contributed by atoms with van der Waals surface area (Å²) >= 11 is 0. The van der Waals surface area contributed by atoms with Gasteiger partial charge in [0.25, 0.3) is 0 Å². The molecule has 0 saturated carbocycles. The van der Waals surface area contributed by atoms with Crippen LogP contribution in [0.5, 0.6) is 0 Å². The summed E-state index contributed by atoms with van der Waals surface area (Å²) in [5.41, 5.74) is 0. The number of hydrogen-bond donors (Lipinski definition) is 0. The van der Waals surface area contributed by atoms with E-state index in [0.717, 1.165) is 0 Å². The second-order valence-electron chi connectivity index (χ2n) is 1.62. The molecule has 48 valence electrons. The zero-order valence-corrected chi connectivity index (χ0v) is 5.60. The fourth-order valence-corrected chi connectivity index (χ4v) is 0.331. The molecule has 0 fully saturated rings. The van der Waals surface area contributed by atoms with Crippen molar-refractivity contribution in [3.8, 4) is 0 Å². The quantitative estimate of drug-likeness (QED) is 0.411. The maximum absolute atomic E-state index is 4.98. The Morgan fingerprint density at radius 3 is 2.25 bits per heavy atom. The molecule has 0 saturated heterocycles.